The van der Waals surface area contributed by atoms with Crippen LogP contribution in [0.15, 0.2) is 233 Å². The second-order valence-electron chi connectivity index (χ2n) is 17.1. The Balaban J connectivity index is 1.09. The van der Waals surface area contributed by atoms with Crippen LogP contribution in [0.3, 0.4) is 0 Å². The van der Waals surface area contributed by atoms with Gasteiger partial charge in [-0.1, -0.05) is 164 Å². The number of fused-ring (bicyclic) bond motifs is 19. The van der Waals surface area contributed by atoms with E-state index in [0.717, 1.165) is 60.9 Å². The van der Waals surface area contributed by atoms with Crippen LogP contribution in [-0.2, 0) is 5.41 Å². The van der Waals surface area contributed by atoms with Crippen molar-refractivity contribution < 1.29 is 8.83 Å². The zero-order valence-corrected chi connectivity index (χ0v) is 34.6. The summed E-state index contributed by atoms with van der Waals surface area (Å²) in [5.41, 5.74) is 20.7. The lowest BCUT2D eigenvalue weighted by Crippen LogP contribution is -2.29. The standard InChI is InChI=1S/C61H37NO2/c1-2-14-38(15-3-1)39-26-28-40(29-27-39)62(42-31-33-48-47-19-8-12-24-55(47)64-58(48)37-42)41-30-32-46-44-17-5-4-16-43(44)45-18-6-10-22-51(45)61(54(46)36-41)52-23-11-7-20-49(52)59-53(61)34-35-57-60(59)50-21-9-13-25-56(50)63-57/h1-37H. The third-order valence-electron chi connectivity index (χ3n) is 13.9. The van der Waals surface area contributed by atoms with Crippen molar-refractivity contribution in [2.75, 3.05) is 4.90 Å². The van der Waals surface area contributed by atoms with E-state index in [-0.39, 0.29) is 0 Å². The molecule has 0 radical (unpaired) electrons. The highest BCUT2D eigenvalue weighted by Gasteiger charge is 2.50. The van der Waals surface area contributed by atoms with Crippen LogP contribution in [-0.4, -0.2) is 0 Å². The quantitative estimate of drug-likeness (QED) is 0.177. The molecule has 2 aromatic heterocycles. The number of para-hydroxylation sites is 2. The summed E-state index contributed by atoms with van der Waals surface area (Å²) in [6, 6.07) is 81.8. The van der Waals surface area contributed by atoms with Crippen LogP contribution in [0.5, 0.6) is 0 Å². The van der Waals surface area contributed by atoms with E-state index in [2.05, 4.69) is 217 Å². The first kappa shape index (κ1) is 35.2. The molecule has 2 aliphatic carbocycles. The summed E-state index contributed by atoms with van der Waals surface area (Å²) in [5, 5.41) is 4.51. The van der Waals surface area contributed by atoms with Gasteiger partial charge in [-0.3, -0.25) is 0 Å². The maximum Gasteiger partial charge on any atom is 0.137 e. The molecule has 3 nitrogen and oxygen atoms in total. The van der Waals surface area contributed by atoms with Crippen LogP contribution < -0.4 is 4.90 Å². The lowest BCUT2D eigenvalue weighted by Gasteiger charge is -2.36. The second-order valence-corrected chi connectivity index (χ2v) is 17.1. The fraction of sp³-hybridized carbons (Fsp3) is 0.0164. The maximum atomic E-state index is 6.60. The van der Waals surface area contributed by atoms with Crippen molar-refractivity contribution in [3.05, 3.63) is 247 Å². The number of rotatable bonds is 4. The fourth-order valence-corrected chi connectivity index (χ4v) is 11.3. The summed E-state index contributed by atoms with van der Waals surface area (Å²) in [5.74, 6) is 0. The smallest absolute Gasteiger partial charge is 0.137 e. The Morgan fingerprint density at radius 3 is 1.61 bits per heavy atom. The number of nitrogens with zero attached hydrogens (tertiary/aromatic N) is 1. The molecular formula is C61H37NO2. The molecule has 10 aromatic carbocycles. The summed E-state index contributed by atoms with van der Waals surface area (Å²) in [6.45, 7) is 0. The van der Waals surface area contributed by atoms with Crippen LogP contribution >= 0.6 is 0 Å². The van der Waals surface area contributed by atoms with Gasteiger partial charge in [0.2, 0.25) is 0 Å². The van der Waals surface area contributed by atoms with E-state index in [9.17, 15) is 0 Å². The maximum absolute atomic E-state index is 6.60. The van der Waals surface area contributed by atoms with Crippen LogP contribution in [0, 0.1) is 0 Å². The minimum Gasteiger partial charge on any atom is -0.456 e. The lowest BCUT2D eigenvalue weighted by atomic mass is 9.65. The Labute approximate surface area is 369 Å². The Bertz CT molecular complexity index is 3860. The molecule has 12 aromatic rings. The first-order valence-electron chi connectivity index (χ1n) is 22.0. The number of benzene rings is 10. The van der Waals surface area contributed by atoms with Crippen molar-refractivity contribution >= 4 is 60.9 Å². The van der Waals surface area contributed by atoms with Crippen molar-refractivity contribution in [1.82, 2.24) is 0 Å². The predicted octanol–water partition coefficient (Wildman–Crippen LogP) is 16.6. The molecule has 64 heavy (non-hydrogen) atoms. The van der Waals surface area contributed by atoms with Gasteiger partial charge >= 0.3 is 0 Å². The van der Waals surface area contributed by atoms with Gasteiger partial charge < -0.3 is 13.7 Å². The largest absolute Gasteiger partial charge is 0.456 e. The molecule has 0 saturated carbocycles. The summed E-state index contributed by atoms with van der Waals surface area (Å²) < 4.78 is 13.2. The first-order valence-corrected chi connectivity index (χ1v) is 22.0. The zero-order chi connectivity index (χ0) is 41.9. The van der Waals surface area contributed by atoms with Crippen molar-refractivity contribution in [3.8, 4) is 44.5 Å². The van der Waals surface area contributed by atoms with Crippen LogP contribution in [0.1, 0.15) is 22.3 Å². The molecule has 1 unspecified atom stereocenters. The summed E-state index contributed by atoms with van der Waals surface area (Å²) in [6.07, 6.45) is 0. The highest BCUT2D eigenvalue weighted by molar-refractivity contribution is 6.16. The third-order valence-corrected chi connectivity index (χ3v) is 13.9. The van der Waals surface area contributed by atoms with E-state index in [1.54, 1.807) is 0 Å². The Morgan fingerprint density at radius 1 is 0.297 bits per heavy atom. The van der Waals surface area contributed by atoms with Crippen LogP contribution in [0.2, 0.25) is 0 Å². The van der Waals surface area contributed by atoms with E-state index >= 15 is 0 Å². The van der Waals surface area contributed by atoms with E-state index in [1.165, 1.54) is 66.8 Å². The summed E-state index contributed by atoms with van der Waals surface area (Å²) in [7, 11) is 0. The molecule has 14 rings (SSSR count). The van der Waals surface area contributed by atoms with Gasteiger partial charge in [0.25, 0.3) is 0 Å². The van der Waals surface area contributed by atoms with E-state index in [4.69, 9.17) is 8.83 Å². The second kappa shape index (κ2) is 13.3. The number of furan rings is 2. The topological polar surface area (TPSA) is 29.5 Å². The van der Waals surface area contributed by atoms with Gasteiger partial charge in [-0.05, 0) is 121 Å². The van der Waals surface area contributed by atoms with Gasteiger partial charge in [-0.25, -0.2) is 0 Å². The first-order chi connectivity index (χ1) is 31.7. The van der Waals surface area contributed by atoms with Gasteiger partial charge in [0.05, 0.1) is 5.41 Å². The van der Waals surface area contributed by atoms with E-state index in [1.807, 2.05) is 12.1 Å². The molecule has 2 heterocycles. The number of hydrogen-bond donors (Lipinski definition) is 0. The molecule has 0 saturated heterocycles. The summed E-state index contributed by atoms with van der Waals surface area (Å²) in [4.78, 5) is 2.40. The molecule has 0 amide bonds. The molecule has 2 aliphatic rings. The van der Waals surface area contributed by atoms with Gasteiger partial charge in [-0.2, -0.15) is 0 Å². The summed E-state index contributed by atoms with van der Waals surface area (Å²) >= 11 is 0. The van der Waals surface area contributed by atoms with Gasteiger partial charge in [-0.15, -0.1) is 0 Å². The van der Waals surface area contributed by atoms with Crippen molar-refractivity contribution in [3.63, 3.8) is 0 Å². The Morgan fingerprint density at radius 2 is 0.828 bits per heavy atom. The van der Waals surface area contributed by atoms with Gasteiger partial charge in [0.15, 0.2) is 0 Å². The molecule has 0 fully saturated rings. The van der Waals surface area contributed by atoms with Crippen LogP contribution in [0.25, 0.3) is 88.4 Å². The normalized spacial score (nSPS) is 14.6. The Hall–Kier alpha value is -8.40. The third kappa shape index (κ3) is 4.81. The lowest BCUT2D eigenvalue weighted by molar-refractivity contribution is 0.668. The van der Waals surface area contributed by atoms with Gasteiger partial charge in [0.1, 0.15) is 22.3 Å². The average Bonchev–Trinajstić information content (AvgIpc) is 4.00. The van der Waals surface area contributed by atoms with E-state index in [0.29, 0.717) is 0 Å². The highest BCUT2D eigenvalue weighted by atomic mass is 16.3. The Kier molecular flexibility index (Phi) is 7.32. The molecule has 1 spiro atoms. The predicted molar refractivity (Wildman–Crippen MR) is 263 cm³/mol. The van der Waals surface area contributed by atoms with Crippen molar-refractivity contribution in [2.45, 2.75) is 5.41 Å². The zero-order valence-electron chi connectivity index (χ0n) is 34.6. The van der Waals surface area contributed by atoms with Gasteiger partial charge in [0, 0.05) is 44.7 Å². The average molecular weight is 816 g/mol. The minimum atomic E-state index is -0.690. The molecule has 298 valence electrons. The number of anilines is 3. The molecule has 0 N–H and O–H groups in total. The van der Waals surface area contributed by atoms with E-state index < -0.39 is 5.41 Å². The molecule has 1 atom stereocenters. The van der Waals surface area contributed by atoms with Crippen molar-refractivity contribution in [1.29, 1.82) is 0 Å². The molecule has 3 heteroatoms. The monoisotopic (exact) mass is 815 g/mol. The minimum absolute atomic E-state index is 0.690. The number of hydrogen-bond acceptors (Lipinski definition) is 3. The molecular weight excluding hydrogens is 779 g/mol. The highest BCUT2D eigenvalue weighted by Crippen LogP contribution is 2.63. The fourth-order valence-electron chi connectivity index (χ4n) is 11.3. The SMILES string of the molecule is c1ccc(-c2ccc(N(c3ccc4c(c3)C3(c5ccccc5-c5ccccc5-4)c4ccccc4-c4c3ccc3oc5ccccc5c43)c3ccc4c(c3)oc3ccccc34)cc2)cc1. The van der Waals surface area contributed by atoms with Crippen LogP contribution in [0.4, 0.5) is 17.1 Å². The molecule has 0 bridgehead atoms. The van der Waals surface area contributed by atoms with Crippen molar-refractivity contribution in [2.24, 2.45) is 0 Å². The molecule has 0 aliphatic heterocycles.